The largest absolute Gasteiger partial charge is 0.489 e. The fourth-order valence-electron chi connectivity index (χ4n) is 1.63. The van der Waals surface area contributed by atoms with Crippen molar-refractivity contribution in [2.24, 2.45) is 5.73 Å². The van der Waals surface area contributed by atoms with Gasteiger partial charge in [-0.15, -0.1) is 0 Å². The first kappa shape index (κ1) is 14.4. The number of nitrogens with two attached hydrogens (primary N) is 1. The topological polar surface area (TPSA) is 35.2 Å². The molecule has 0 fully saturated rings. The molecule has 4 heteroatoms. The van der Waals surface area contributed by atoms with E-state index in [4.69, 9.17) is 22.1 Å². The molecule has 0 aliphatic rings. The molecule has 2 aromatic rings. The van der Waals surface area contributed by atoms with Crippen molar-refractivity contribution < 1.29 is 9.13 Å². The maximum Gasteiger partial charge on any atom is 0.142 e. The number of rotatable bonds is 3. The Bertz CT molecular complexity index is 661. The third-order valence-electron chi connectivity index (χ3n) is 2.56. The van der Waals surface area contributed by atoms with Crippen molar-refractivity contribution in [2.45, 2.75) is 6.61 Å². The van der Waals surface area contributed by atoms with E-state index in [1.165, 1.54) is 6.07 Å². The minimum Gasteiger partial charge on any atom is -0.489 e. The summed E-state index contributed by atoms with van der Waals surface area (Å²) in [5.41, 5.74) is 6.48. The molecular formula is C16H13ClFNO. The summed E-state index contributed by atoms with van der Waals surface area (Å²) in [4.78, 5) is 0. The van der Waals surface area contributed by atoms with Crippen molar-refractivity contribution in [1.82, 2.24) is 0 Å². The maximum absolute atomic E-state index is 13.7. The van der Waals surface area contributed by atoms with Gasteiger partial charge in [-0.25, -0.2) is 4.39 Å². The minimum atomic E-state index is -0.422. The van der Waals surface area contributed by atoms with Crippen molar-refractivity contribution in [1.29, 1.82) is 0 Å². The summed E-state index contributed by atoms with van der Waals surface area (Å²) in [6.45, 7) is 0.528. The normalized spacial score (nSPS) is 9.75. The minimum absolute atomic E-state index is 0.201. The average Bonchev–Trinajstić information content (AvgIpc) is 2.44. The van der Waals surface area contributed by atoms with Crippen LogP contribution in [0.4, 0.5) is 4.39 Å². The highest BCUT2D eigenvalue weighted by molar-refractivity contribution is 6.30. The molecule has 2 rings (SSSR count). The Kier molecular flexibility index (Phi) is 5.00. The van der Waals surface area contributed by atoms with E-state index in [-0.39, 0.29) is 6.54 Å². The van der Waals surface area contributed by atoms with Crippen LogP contribution in [-0.2, 0) is 6.61 Å². The van der Waals surface area contributed by atoms with Crippen molar-refractivity contribution in [3.63, 3.8) is 0 Å². The van der Waals surface area contributed by atoms with Gasteiger partial charge in [0.25, 0.3) is 0 Å². The highest BCUT2D eigenvalue weighted by Gasteiger charge is 2.03. The van der Waals surface area contributed by atoms with E-state index in [0.717, 1.165) is 5.56 Å². The molecule has 0 aromatic heterocycles. The van der Waals surface area contributed by atoms with Gasteiger partial charge in [0.05, 0.1) is 12.1 Å². The first-order valence-electron chi connectivity index (χ1n) is 6.05. The van der Waals surface area contributed by atoms with Crippen LogP contribution < -0.4 is 10.5 Å². The van der Waals surface area contributed by atoms with Gasteiger partial charge in [0.2, 0.25) is 0 Å². The highest BCUT2D eigenvalue weighted by atomic mass is 35.5. The summed E-state index contributed by atoms with van der Waals surface area (Å²) in [5.74, 6) is 5.29. The predicted molar refractivity (Wildman–Crippen MR) is 78.1 cm³/mol. The van der Waals surface area contributed by atoms with Crippen LogP contribution in [0.3, 0.4) is 0 Å². The third-order valence-corrected chi connectivity index (χ3v) is 2.80. The molecule has 20 heavy (non-hydrogen) atoms. The fourth-order valence-corrected chi connectivity index (χ4v) is 1.84. The Hall–Kier alpha value is -2.02. The lowest BCUT2D eigenvalue weighted by Crippen LogP contribution is -1.97. The number of hydrogen-bond donors (Lipinski definition) is 1. The first-order chi connectivity index (χ1) is 9.69. The first-order valence-corrected chi connectivity index (χ1v) is 6.42. The van der Waals surface area contributed by atoms with Gasteiger partial charge < -0.3 is 10.5 Å². The Morgan fingerprint density at radius 1 is 1.20 bits per heavy atom. The monoisotopic (exact) mass is 289 g/mol. The molecule has 0 heterocycles. The van der Waals surface area contributed by atoms with Gasteiger partial charge in [-0.05, 0) is 29.8 Å². The lowest BCUT2D eigenvalue weighted by Gasteiger charge is -2.07. The molecule has 0 spiro atoms. The molecule has 0 amide bonds. The molecule has 2 aromatic carbocycles. The van der Waals surface area contributed by atoms with Crippen molar-refractivity contribution in [3.05, 3.63) is 64.4 Å². The second-order valence-electron chi connectivity index (χ2n) is 4.07. The van der Waals surface area contributed by atoms with E-state index >= 15 is 0 Å². The summed E-state index contributed by atoms with van der Waals surface area (Å²) in [5, 5.41) is 0.643. The predicted octanol–water partition coefficient (Wildman–Crippen LogP) is 3.37. The zero-order valence-electron chi connectivity index (χ0n) is 10.7. The van der Waals surface area contributed by atoms with Crippen molar-refractivity contribution >= 4 is 11.6 Å². The second-order valence-corrected chi connectivity index (χ2v) is 4.50. The molecule has 102 valence electrons. The lowest BCUT2D eigenvalue weighted by atomic mass is 10.2. The molecule has 0 radical (unpaired) electrons. The van der Waals surface area contributed by atoms with Crippen molar-refractivity contribution in [3.8, 4) is 17.6 Å². The Morgan fingerprint density at radius 2 is 2.05 bits per heavy atom. The van der Waals surface area contributed by atoms with Gasteiger partial charge >= 0.3 is 0 Å². The van der Waals surface area contributed by atoms with Crippen LogP contribution in [0.2, 0.25) is 5.02 Å². The van der Waals surface area contributed by atoms with Gasteiger partial charge in [0.15, 0.2) is 0 Å². The second kappa shape index (κ2) is 6.95. The summed E-state index contributed by atoms with van der Waals surface area (Å²) in [6.07, 6.45) is 0. The average molecular weight is 290 g/mol. The maximum atomic E-state index is 13.7. The molecule has 0 saturated heterocycles. The quantitative estimate of drug-likeness (QED) is 0.879. The molecule has 2 nitrogen and oxygen atoms in total. The molecular weight excluding hydrogens is 277 g/mol. The van der Waals surface area contributed by atoms with Crippen LogP contribution >= 0.6 is 11.6 Å². The van der Waals surface area contributed by atoms with Gasteiger partial charge in [0.1, 0.15) is 18.2 Å². The SMILES string of the molecule is NCC#Cc1ccc(OCc2cccc(Cl)c2)cc1F. The standard InChI is InChI=1S/C16H13ClFNO/c17-14-5-1-3-12(9-14)11-20-15-7-6-13(4-2-8-19)16(18)10-15/h1,3,5-7,9-10H,8,11,19H2. The summed E-state index contributed by atoms with van der Waals surface area (Å²) in [7, 11) is 0. The van der Waals surface area contributed by atoms with E-state index in [0.29, 0.717) is 22.9 Å². The molecule has 0 unspecified atom stereocenters. The van der Waals surface area contributed by atoms with E-state index in [9.17, 15) is 4.39 Å². The van der Waals surface area contributed by atoms with E-state index in [1.54, 1.807) is 24.3 Å². The Morgan fingerprint density at radius 3 is 2.75 bits per heavy atom. The number of benzene rings is 2. The van der Waals surface area contributed by atoms with Crippen LogP contribution in [0.15, 0.2) is 42.5 Å². The zero-order valence-corrected chi connectivity index (χ0v) is 11.5. The summed E-state index contributed by atoms with van der Waals surface area (Å²) in [6, 6.07) is 11.9. The number of halogens is 2. The van der Waals surface area contributed by atoms with E-state index in [2.05, 4.69) is 11.8 Å². The van der Waals surface area contributed by atoms with Gasteiger partial charge in [-0.2, -0.15) is 0 Å². The third kappa shape index (κ3) is 3.99. The Balaban J connectivity index is 2.05. The van der Waals surface area contributed by atoms with Crippen LogP contribution in [0.5, 0.6) is 5.75 Å². The van der Waals surface area contributed by atoms with E-state index in [1.807, 2.05) is 12.1 Å². The van der Waals surface area contributed by atoms with Crippen LogP contribution in [-0.4, -0.2) is 6.54 Å². The van der Waals surface area contributed by atoms with E-state index < -0.39 is 5.82 Å². The number of hydrogen-bond acceptors (Lipinski definition) is 2. The van der Waals surface area contributed by atoms with Crippen molar-refractivity contribution in [2.75, 3.05) is 6.54 Å². The summed E-state index contributed by atoms with van der Waals surface area (Å²) < 4.78 is 19.2. The lowest BCUT2D eigenvalue weighted by molar-refractivity contribution is 0.304. The number of ether oxygens (including phenoxy) is 1. The fraction of sp³-hybridized carbons (Fsp3) is 0.125. The molecule has 2 N–H and O–H groups in total. The molecule has 0 atom stereocenters. The van der Waals surface area contributed by atoms with Gasteiger partial charge in [-0.3, -0.25) is 0 Å². The van der Waals surface area contributed by atoms with Gasteiger partial charge in [-0.1, -0.05) is 35.6 Å². The van der Waals surface area contributed by atoms with Crippen LogP contribution in [0.1, 0.15) is 11.1 Å². The molecule has 0 aliphatic carbocycles. The molecule has 0 saturated carbocycles. The molecule has 0 bridgehead atoms. The van der Waals surface area contributed by atoms with Gasteiger partial charge in [0, 0.05) is 11.1 Å². The highest BCUT2D eigenvalue weighted by Crippen LogP contribution is 2.18. The molecule has 0 aliphatic heterocycles. The van der Waals surface area contributed by atoms with Crippen LogP contribution in [0, 0.1) is 17.7 Å². The zero-order chi connectivity index (χ0) is 14.4. The van der Waals surface area contributed by atoms with Crippen LogP contribution in [0.25, 0.3) is 0 Å². The smallest absolute Gasteiger partial charge is 0.142 e. The Labute approximate surface area is 122 Å². The summed E-state index contributed by atoms with van der Waals surface area (Å²) >= 11 is 5.88.